The number of H-pyrrole nitrogens is 1. The Bertz CT molecular complexity index is 751. The Kier molecular flexibility index (Phi) is 4.46. The summed E-state index contributed by atoms with van der Waals surface area (Å²) in [7, 11) is 2.14. The van der Waals surface area contributed by atoms with Crippen LogP contribution in [-0.2, 0) is 6.54 Å². The summed E-state index contributed by atoms with van der Waals surface area (Å²) in [6, 6.07) is 16.5. The number of hydrogen-bond acceptors (Lipinski definition) is 2. The molecule has 1 atom stereocenters. The van der Waals surface area contributed by atoms with Gasteiger partial charge < -0.3 is 4.98 Å². The smallest absolute Gasteiger partial charge is 0.124 e. The van der Waals surface area contributed by atoms with Gasteiger partial charge in [-0.25, -0.2) is 4.98 Å². The van der Waals surface area contributed by atoms with Crippen molar-refractivity contribution in [1.29, 1.82) is 0 Å². The van der Waals surface area contributed by atoms with Crippen LogP contribution in [0.2, 0.25) is 5.02 Å². The number of nitrogens with one attached hydrogen (secondary N) is 1. The van der Waals surface area contributed by atoms with E-state index in [1.807, 2.05) is 24.3 Å². The topological polar surface area (TPSA) is 31.9 Å². The zero-order valence-electron chi connectivity index (χ0n) is 12.9. The largest absolute Gasteiger partial charge is 0.341 e. The lowest BCUT2D eigenvalue weighted by Crippen LogP contribution is -2.24. The summed E-state index contributed by atoms with van der Waals surface area (Å²) in [5, 5.41) is 0.730. The predicted molar refractivity (Wildman–Crippen MR) is 92.0 cm³/mol. The highest BCUT2D eigenvalue weighted by Gasteiger charge is 2.19. The molecule has 1 N–H and O–H groups in total. The number of halogens is 1. The maximum Gasteiger partial charge on any atom is 0.124 e. The molecule has 0 amide bonds. The fourth-order valence-corrected chi connectivity index (χ4v) is 3.03. The maximum atomic E-state index is 6.05. The average molecular weight is 314 g/mol. The molecule has 3 rings (SSSR count). The Morgan fingerprint density at radius 1 is 1.18 bits per heavy atom. The third-order valence-electron chi connectivity index (χ3n) is 3.97. The van der Waals surface area contributed by atoms with E-state index in [2.05, 4.69) is 48.1 Å². The molecule has 0 saturated heterocycles. The van der Waals surface area contributed by atoms with Gasteiger partial charge in [-0.05, 0) is 37.2 Å². The lowest BCUT2D eigenvalue weighted by atomic mass is 10.1. The molecule has 0 aliphatic heterocycles. The van der Waals surface area contributed by atoms with Crippen molar-refractivity contribution in [3.63, 3.8) is 0 Å². The molecular formula is C18H20ClN3. The molecule has 2 aromatic carbocycles. The van der Waals surface area contributed by atoms with Gasteiger partial charge in [0.2, 0.25) is 0 Å². The highest BCUT2D eigenvalue weighted by Crippen LogP contribution is 2.25. The summed E-state index contributed by atoms with van der Waals surface area (Å²) >= 11 is 6.05. The van der Waals surface area contributed by atoms with Crippen molar-refractivity contribution in [1.82, 2.24) is 14.9 Å². The van der Waals surface area contributed by atoms with Gasteiger partial charge in [0.05, 0.1) is 17.1 Å². The second-order valence-corrected chi connectivity index (χ2v) is 6.04. The van der Waals surface area contributed by atoms with Crippen molar-refractivity contribution in [3.8, 4) is 0 Å². The fraction of sp³-hybridized carbons (Fsp3) is 0.278. The normalized spacial score (nSPS) is 12.9. The summed E-state index contributed by atoms with van der Waals surface area (Å²) in [6.45, 7) is 3.09. The molecule has 0 saturated carbocycles. The number of imidazole rings is 1. The van der Waals surface area contributed by atoms with E-state index in [4.69, 9.17) is 16.6 Å². The molecule has 0 bridgehead atoms. The molecule has 1 heterocycles. The minimum Gasteiger partial charge on any atom is -0.341 e. The van der Waals surface area contributed by atoms with E-state index in [1.165, 1.54) is 5.56 Å². The zero-order chi connectivity index (χ0) is 15.5. The summed E-state index contributed by atoms with van der Waals surface area (Å²) in [4.78, 5) is 10.5. The van der Waals surface area contributed by atoms with Crippen molar-refractivity contribution in [2.45, 2.75) is 25.9 Å². The Morgan fingerprint density at radius 2 is 1.95 bits per heavy atom. The van der Waals surface area contributed by atoms with Crippen LogP contribution in [0.25, 0.3) is 11.0 Å². The molecule has 0 spiro atoms. The number of benzene rings is 2. The van der Waals surface area contributed by atoms with Gasteiger partial charge in [-0.15, -0.1) is 0 Å². The van der Waals surface area contributed by atoms with E-state index in [0.29, 0.717) is 0 Å². The molecule has 0 radical (unpaired) electrons. The molecule has 1 unspecified atom stereocenters. The molecule has 3 aromatic rings. The molecule has 0 fully saturated rings. The molecule has 3 nitrogen and oxygen atoms in total. The van der Waals surface area contributed by atoms with Crippen LogP contribution in [0.4, 0.5) is 0 Å². The Morgan fingerprint density at radius 3 is 2.68 bits per heavy atom. The van der Waals surface area contributed by atoms with Crippen molar-refractivity contribution in [3.05, 3.63) is 64.9 Å². The minimum atomic E-state index is 0.256. The van der Waals surface area contributed by atoms with Crippen molar-refractivity contribution in [2.75, 3.05) is 7.05 Å². The molecule has 4 heteroatoms. The molecule has 114 valence electrons. The van der Waals surface area contributed by atoms with Crippen LogP contribution in [0, 0.1) is 0 Å². The third-order valence-corrected chi connectivity index (χ3v) is 4.21. The monoisotopic (exact) mass is 313 g/mol. The van der Waals surface area contributed by atoms with Crippen molar-refractivity contribution >= 4 is 22.6 Å². The van der Waals surface area contributed by atoms with Crippen molar-refractivity contribution < 1.29 is 0 Å². The van der Waals surface area contributed by atoms with Crippen LogP contribution >= 0.6 is 11.6 Å². The number of rotatable bonds is 5. The lowest BCUT2D eigenvalue weighted by molar-refractivity contribution is 0.222. The zero-order valence-corrected chi connectivity index (χ0v) is 13.6. The summed E-state index contributed by atoms with van der Waals surface area (Å²) < 4.78 is 0. The van der Waals surface area contributed by atoms with E-state index >= 15 is 0 Å². The number of aromatic nitrogens is 2. The quantitative estimate of drug-likeness (QED) is 0.733. The molecular weight excluding hydrogens is 294 g/mol. The summed E-state index contributed by atoms with van der Waals surface area (Å²) in [5.41, 5.74) is 3.27. The fourth-order valence-electron chi connectivity index (χ4n) is 2.85. The van der Waals surface area contributed by atoms with Crippen LogP contribution in [0.5, 0.6) is 0 Å². The molecule has 1 aromatic heterocycles. The van der Waals surface area contributed by atoms with Gasteiger partial charge in [0.15, 0.2) is 0 Å². The molecule has 0 aliphatic carbocycles. The van der Waals surface area contributed by atoms with E-state index in [-0.39, 0.29) is 6.04 Å². The van der Waals surface area contributed by atoms with Gasteiger partial charge in [-0.1, -0.05) is 48.9 Å². The van der Waals surface area contributed by atoms with Gasteiger partial charge in [0, 0.05) is 11.6 Å². The highest BCUT2D eigenvalue weighted by atomic mass is 35.5. The minimum absolute atomic E-state index is 0.256. The number of hydrogen-bond donors (Lipinski definition) is 1. The first-order chi connectivity index (χ1) is 10.7. The van der Waals surface area contributed by atoms with Gasteiger partial charge in [0.25, 0.3) is 0 Å². The summed E-state index contributed by atoms with van der Waals surface area (Å²) in [5.74, 6) is 0.998. The molecule has 0 aliphatic rings. The van der Waals surface area contributed by atoms with Crippen LogP contribution in [0.1, 0.15) is 30.8 Å². The summed E-state index contributed by atoms with van der Waals surface area (Å²) in [6.07, 6.45) is 0.997. The van der Waals surface area contributed by atoms with Gasteiger partial charge >= 0.3 is 0 Å². The van der Waals surface area contributed by atoms with Gasteiger partial charge in [-0.2, -0.15) is 0 Å². The van der Waals surface area contributed by atoms with E-state index in [9.17, 15) is 0 Å². The third kappa shape index (κ3) is 3.16. The van der Waals surface area contributed by atoms with Gasteiger partial charge in [-0.3, -0.25) is 4.90 Å². The second-order valence-electron chi connectivity index (χ2n) is 5.61. The SMILES string of the molecule is CCC(c1nc2ccc(Cl)cc2[nH]1)N(C)Cc1ccccc1. The second kappa shape index (κ2) is 6.51. The van der Waals surface area contributed by atoms with Crippen LogP contribution in [0.15, 0.2) is 48.5 Å². The van der Waals surface area contributed by atoms with Crippen LogP contribution in [0.3, 0.4) is 0 Å². The first-order valence-electron chi connectivity index (χ1n) is 7.56. The van der Waals surface area contributed by atoms with Gasteiger partial charge in [0.1, 0.15) is 5.82 Å². The molecule has 22 heavy (non-hydrogen) atoms. The lowest BCUT2D eigenvalue weighted by Gasteiger charge is -2.25. The number of aromatic amines is 1. The van der Waals surface area contributed by atoms with E-state index in [0.717, 1.165) is 34.8 Å². The number of nitrogens with zero attached hydrogens (tertiary/aromatic N) is 2. The Labute approximate surface area is 135 Å². The van der Waals surface area contributed by atoms with Crippen LogP contribution < -0.4 is 0 Å². The average Bonchev–Trinajstić information content (AvgIpc) is 2.91. The Hall–Kier alpha value is -1.84. The highest BCUT2D eigenvalue weighted by molar-refractivity contribution is 6.31. The standard InChI is InChI=1S/C18H20ClN3/c1-3-17(22(2)12-13-7-5-4-6-8-13)18-20-15-10-9-14(19)11-16(15)21-18/h4-11,17H,3,12H2,1-2H3,(H,20,21). The van der Waals surface area contributed by atoms with E-state index < -0.39 is 0 Å². The van der Waals surface area contributed by atoms with E-state index in [1.54, 1.807) is 0 Å². The number of fused-ring (bicyclic) bond motifs is 1. The first-order valence-corrected chi connectivity index (χ1v) is 7.94. The first kappa shape index (κ1) is 15.1. The van der Waals surface area contributed by atoms with Crippen LogP contribution in [-0.4, -0.2) is 21.9 Å². The predicted octanol–water partition coefficient (Wildman–Crippen LogP) is 4.80. The maximum absolute atomic E-state index is 6.05. The van der Waals surface area contributed by atoms with Crippen molar-refractivity contribution in [2.24, 2.45) is 0 Å². The Balaban J connectivity index is 1.85.